The maximum Gasteiger partial charge on any atom is 0.233 e. The van der Waals surface area contributed by atoms with Crippen molar-refractivity contribution in [2.24, 2.45) is 0 Å². The lowest BCUT2D eigenvalue weighted by atomic mass is 10.1. The standard InChI is InChI=1S/C16H26N2OS/c1-11(17-6)13-8-7-9-14(10-13)20-12(2)15(19)18-16(3,4)5/h7-12,17H,1-6H3,(H,18,19). The van der Waals surface area contributed by atoms with Crippen molar-refractivity contribution in [3.8, 4) is 0 Å². The van der Waals surface area contributed by atoms with Gasteiger partial charge >= 0.3 is 0 Å². The molecule has 1 rings (SSSR count). The molecule has 0 saturated heterocycles. The maximum absolute atomic E-state index is 12.1. The number of benzene rings is 1. The van der Waals surface area contributed by atoms with E-state index in [1.54, 1.807) is 11.8 Å². The Hall–Kier alpha value is -1.00. The summed E-state index contributed by atoms with van der Waals surface area (Å²) < 4.78 is 0. The highest BCUT2D eigenvalue weighted by atomic mass is 32.2. The van der Waals surface area contributed by atoms with Crippen LogP contribution in [0.2, 0.25) is 0 Å². The van der Waals surface area contributed by atoms with E-state index < -0.39 is 0 Å². The molecule has 2 atom stereocenters. The van der Waals surface area contributed by atoms with E-state index in [2.05, 4.69) is 35.8 Å². The van der Waals surface area contributed by atoms with Gasteiger partial charge < -0.3 is 10.6 Å². The molecule has 20 heavy (non-hydrogen) atoms. The first-order chi connectivity index (χ1) is 9.23. The number of nitrogens with one attached hydrogen (secondary N) is 2. The van der Waals surface area contributed by atoms with Gasteiger partial charge in [-0.25, -0.2) is 0 Å². The molecule has 1 amide bonds. The van der Waals surface area contributed by atoms with Crippen LogP contribution in [-0.2, 0) is 4.79 Å². The van der Waals surface area contributed by atoms with Crippen molar-refractivity contribution in [2.75, 3.05) is 7.05 Å². The molecule has 112 valence electrons. The van der Waals surface area contributed by atoms with E-state index in [4.69, 9.17) is 0 Å². The van der Waals surface area contributed by atoms with Crippen LogP contribution in [0.1, 0.15) is 46.2 Å². The van der Waals surface area contributed by atoms with E-state index in [9.17, 15) is 4.79 Å². The first-order valence-corrected chi connectivity index (χ1v) is 7.87. The van der Waals surface area contributed by atoms with Crippen LogP contribution in [0.4, 0.5) is 0 Å². The zero-order valence-corrected chi connectivity index (χ0v) is 14.1. The summed E-state index contributed by atoms with van der Waals surface area (Å²) >= 11 is 1.59. The van der Waals surface area contributed by atoms with Gasteiger partial charge in [-0.05, 0) is 59.4 Å². The highest BCUT2D eigenvalue weighted by molar-refractivity contribution is 8.00. The van der Waals surface area contributed by atoms with E-state index in [0.717, 1.165) is 4.90 Å². The van der Waals surface area contributed by atoms with Crippen LogP contribution in [0.15, 0.2) is 29.2 Å². The Balaban J connectivity index is 2.71. The molecule has 0 aliphatic heterocycles. The summed E-state index contributed by atoms with van der Waals surface area (Å²) in [4.78, 5) is 13.2. The fourth-order valence-corrected chi connectivity index (χ4v) is 2.69. The summed E-state index contributed by atoms with van der Waals surface area (Å²) in [5.74, 6) is 0.0783. The molecule has 0 aromatic heterocycles. The van der Waals surface area contributed by atoms with Crippen LogP contribution >= 0.6 is 11.8 Å². The van der Waals surface area contributed by atoms with Gasteiger partial charge in [0, 0.05) is 16.5 Å². The second-order valence-electron chi connectivity index (χ2n) is 6.08. The van der Waals surface area contributed by atoms with E-state index in [1.807, 2.05) is 40.8 Å². The fraction of sp³-hybridized carbons (Fsp3) is 0.562. The fourth-order valence-electron chi connectivity index (χ4n) is 1.75. The van der Waals surface area contributed by atoms with E-state index in [-0.39, 0.29) is 16.7 Å². The molecule has 1 aromatic carbocycles. The molecular weight excluding hydrogens is 268 g/mol. The number of rotatable bonds is 5. The van der Waals surface area contributed by atoms with Crippen LogP contribution in [-0.4, -0.2) is 23.7 Å². The van der Waals surface area contributed by atoms with Crippen LogP contribution in [0.5, 0.6) is 0 Å². The predicted octanol–water partition coefficient (Wildman–Crippen LogP) is 3.36. The Morgan fingerprint density at radius 1 is 1.25 bits per heavy atom. The lowest BCUT2D eigenvalue weighted by Crippen LogP contribution is -2.44. The largest absolute Gasteiger partial charge is 0.351 e. The highest BCUT2D eigenvalue weighted by Crippen LogP contribution is 2.26. The Morgan fingerprint density at radius 3 is 2.45 bits per heavy atom. The SMILES string of the molecule is CNC(C)c1cccc(SC(C)C(=O)NC(C)(C)C)c1. The summed E-state index contributed by atoms with van der Waals surface area (Å²) in [6.45, 7) is 10.1. The molecule has 0 bridgehead atoms. The van der Waals surface area contributed by atoms with Crippen molar-refractivity contribution in [1.29, 1.82) is 0 Å². The number of hydrogen-bond acceptors (Lipinski definition) is 3. The van der Waals surface area contributed by atoms with E-state index >= 15 is 0 Å². The summed E-state index contributed by atoms with van der Waals surface area (Å²) in [6, 6.07) is 8.66. The molecule has 0 radical (unpaired) electrons. The molecule has 3 nitrogen and oxygen atoms in total. The van der Waals surface area contributed by atoms with Gasteiger partial charge in [0.1, 0.15) is 0 Å². The molecule has 1 aromatic rings. The second kappa shape index (κ2) is 7.14. The van der Waals surface area contributed by atoms with Crippen LogP contribution in [0.3, 0.4) is 0 Å². The molecule has 0 spiro atoms. The average Bonchev–Trinajstić information content (AvgIpc) is 2.36. The Morgan fingerprint density at radius 2 is 1.90 bits per heavy atom. The molecule has 0 heterocycles. The Labute approximate surface area is 126 Å². The lowest BCUT2D eigenvalue weighted by Gasteiger charge is -2.23. The molecule has 2 N–H and O–H groups in total. The normalized spacial score (nSPS) is 14.7. The number of carbonyl (C=O) groups is 1. The van der Waals surface area contributed by atoms with Gasteiger partial charge in [0.2, 0.25) is 5.91 Å². The summed E-state index contributed by atoms with van der Waals surface area (Å²) in [7, 11) is 1.95. The van der Waals surface area contributed by atoms with Gasteiger partial charge in [-0.15, -0.1) is 11.8 Å². The molecule has 0 saturated carbocycles. The monoisotopic (exact) mass is 294 g/mol. The van der Waals surface area contributed by atoms with Crippen LogP contribution in [0.25, 0.3) is 0 Å². The predicted molar refractivity (Wildman–Crippen MR) is 87.1 cm³/mol. The van der Waals surface area contributed by atoms with Crippen molar-refractivity contribution in [3.05, 3.63) is 29.8 Å². The lowest BCUT2D eigenvalue weighted by molar-refractivity contribution is -0.121. The third-order valence-corrected chi connectivity index (χ3v) is 4.07. The number of amides is 1. The average molecular weight is 294 g/mol. The van der Waals surface area contributed by atoms with E-state index in [0.29, 0.717) is 6.04 Å². The first kappa shape index (κ1) is 17.1. The van der Waals surface area contributed by atoms with Gasteiger partial charge in [0.15, 0.2) is 0 Å². The molecule has 0 fully saturated rings. The zero-order chi connectivity index (χ0) is 15.3. The Kier molecular flexibility index (Phi) is 6.08. The molecule has 4 heteroatoms. The Bertz CT molecular complexity index is 454. The minimum Gasteiger partial charge on any atom is -0.351 e. The summed E-state index contributed by atoms with van der Waals surface area (Å²) in [5, 5.41) is 6.14. The van der Waals surface area contributed by atoms with Gasteiger partial charge in [-0.1, -0.05) is 12.1 Å². The summed E-state index contributed by atoms with van der Waals surface area (Å²) in [6.07, 6.45) is 0. The molecule has 2 unspecified atom stereocenters. The molecule has 0 aliphatic rings. The quantitative estimate of drug-likeness (QED) is 0.818. The van der Waals surface area contributed by atoms with Crippen molar-refractivity contribution in [3.63, 3.8) is 0 Å². The minimum absolute atomic E-state index is 0.0783. The second-order valence-corrected chi connectivity index (χ2v) is 7.50. The van der Waals surface area contributed by atoms with Gasteiger partial charge in [-0.3, -0.25) is 4.79 Å². The van der Waals surface area contributed by atoms with Gasteiger partial charge in [0.25, 0.3) is 0 Å². The maximum atomic E-state index is 12.1. The highest BCUT2D eigenvalue weighted by Gasteiger charge is 2.20. The minimum atomic E-state index is -0.186. The number of hydrogen-bond donors (Lipinski definition) is 2. The smallest absolute Gasteiger partial charge is 0.233 e. The number of thioether (sulfide) groups is 1. The van der Waals surface area contributed by atoms with Gasteiger partial charge in [0.05, 0.1) is 5.25 Å². The first-order valence-electron chi connectivity index (χ1n) is 6.99. The summed E-state index contributed by atoms with van der Waals surface area (Å²) in [5.41, 5.74) is 1.05. The van der Waals surface area contributed by atoms with Crippen molar-refractivity contribution in [2.45, 2.75) is 56.3 Å². The molecule has 0 aliphatic carbocycles. The van der Waals surface area contributed by atoms with Crippen molar-refractivity contribution < 1.29 is 4.79 Å². The number of carbonyl (C=O) groups excluding carboxylic acids is 1. The van der Waals surface area contributed by atoms with Crippen molar-refractivity contribution >= 4 is 17.7 Å². The topological polar surface area (TPSA) is 41.1 Å². The van der Waals surface area contributed by atoms with Crippen LogP contribution in [0, 0.1) is 0 Å². The van der Waals surface area contributed by atoms with Crippen molar-refractivity contribution in [1.82, 2.24) is 10.6 Å². The molecular formula is C16H26N2OS. The van der Waals surface area contributed by atoms with Crippen LogP contribution < -0.4 is 10.6 Å². The van der Waals surface area contributed by atoms with Gasteiger partial charge in [-0.2, -0.15) is 0 Å². The third kappa shape index (κ3) is 5.55. The third-order valence-electron chi connectivity index (χ3n) is 2.97. The zero-order valence-electron chi connectivity index (χ0n) is 13.3. The van der Waals surface area contributed by atoms with E-state index in [1.165, 1.54) is 5.56 Å².